The highest BCUT2D eigenvalue weighted by molar-refractivity contribution is 6.30. The minimum Gasteiger partial charge on any atom is -0.480 e. The average Bonchev–Trinajstić information content (AvgIpc) is 3.04. The summed E-state index contributed by atoms with van der Waals surface area (Å²) in [6.07, 6.45) is 0.701. The zero-order valence-electron chi connectivity index (χ0n) is 16.3. The lowest BCUT2D eigenvalue weighted by atomic mass is 10.2. The van der Waals surface area contributed by atoms with Gasteiger partial charge >= 0.3 is 5.97 Å². The number of carbonyl (C=O) groups is 2. The van der Waals surface area contributed by atoms with Gasteiger partial charge in [-0.1, -0.05) is 67.9 Å². The second kappa shape index (κ2) is 10.8. The van der Waals surface area contributed by atoms with Gasteiger partial charge < -0.3 is 15.3 Å². The molecule has 0 saturated carbocycles. The predicted octanol–water partition coefficient (Wildman–Crippen LogP) is 4.10. The summed E-state index contributed by atoms with van der Waals surface area (Å²) in [5.41, 5.74) is 2.23. The molecule has 2 aromatic carbocycles. The van der Waals surface area contributed by atoms with Gasteiger partial charge in [0.05, 0.1) is 0 Å². The first-order valence-corrected chi connectivity index (χ1v) is 9.78. The molecule has 6 heteroatoms. The number of hydrogen-bond donors (Lipinski definition) is 2. The van der Waals surface area contributed by atoms with Gasteiger partial charge in [-0.05, 0) is 29.7 Å². The summed E-state index contributed by atoms with van der Waals surface area (Å²) >= 11 is 5.76. The fourth-order valence-electron chi connectivity index (χ4n) is 2.89. The van der Waals surface area contributed by atoms with Crippen LogP contribution < -0.4 is 5.32 Å². The predicted molar refractivity (Wildman–Crippen MR) is 111 cm³/mol. The third kappa shape index (κ3) is 6.98. The van der Waals surface area contributed by atoms with Crippen LogP contribution in [0.25, 0.3) is 0 Å². The van der Waals surface area contributed by atoms with E-state index in [-0.39, 0.29) is 5.91 Å². The molecule has 0 aromatic heterocycles. The summed E-state index contributed by atoms with van der Waals surface area (Å²) in [5.74, 6) is -1.04. The lowest BCUT2D eigenvalue weighted by Gasteiger charge is -2.21. The molecule has 1 heterocycles. The van der Waals surface area contributed by atoms with Crippen molar-refractivity contribution in [3.05, 3.63) is 70.7 Å². The largest absolute Gasteiger partial charge is 0.480 e. The topological polar surface area (TPSA) is 69.6 Å². The molecule has 0 spiro atoms. The van der Waals surface area contributed by atoms with Gasteiger partial charge in [0.2, 0.25) is 5.91 Å². The molecular formula is C22H27ClN2O3. The fourth-order valence-corrected chi connectivity index (χ4v) is 3.02. The van der Waals surface area contributed by atoms with Gasteiger partial charge in [0.1, 0.15) is 6.04 Å². The van der Waals surface area contributed by atoms with Crippen LogP contribution in [0.4, 0.5) is 0 Å². The number of halogens is 1. The van der Waals surface area contributed by atoms with Crippen molar-refractivity contribution in [3.8, 4) is 0 Å². The van der Waals surface area contributed by atoms with Crippen LogP contribution in [0.1, 0.15) is 37.8 Å². The molecule has 0 bridgehead atoms. The molecule has 1 fully saturated rings. The Labute approximate surface area is 171 Å². The van der Waals surface area contributed by atoms with Crippen molar-refractivity contribution >= 4 is 23.5 Å². The molecule has 2 N–H and O–H groups in total. The van der Waals surface area contributed by atoms with Crippen LogP contribution in [0.2, 0.25) is 5.02 Å². The van der Waals surface area contributed by atoms with Crippen LogP contribution in [0.5, 0.6) is 0 Å². The zero-order chi connectivity index (χ0) is 20.5. The van der Waals surface area contributed by atoms with E-state index in [2.05, 4.69) is 43.4 Å². The van der Waals surface area contributed by atoms with E-state index in [1.807, 2.05) is 6.07 Å². The molecule has 0 radical (unpaired) electrons. The minimum atomic E-state index is -0.940. The molecule has 1 aliphatic heterocycles. The van der Waals surface area contributed by atoms with E-state index in [0.29, 0.717) is 30.5 Å². The summed E-state index contributed by atoms with van der Waals surface area (Å²) < 4.78 is 0. The standard InChI is InChI=1S/C12H12ClNO3.C10H15N/c13-9-3-1-8(2-4-9)7-14-10(12(16)17)5-6-11(14)15;1-9(2)11-8-10-6-4-3-5-7-10/h1-4,10H,5-7H2,(H,16,17);3-7,9,11H,8H2,1-2H3/t10-;/m0./s1. The van der Waals surface area contributed by atoms with Gasteiger partial charge in [-0.2, -0.15) is 0 Å². The van der Waals surface area contributed by atoms with Crippen LogP contribution in [-0.4, -0.2) is 34.0 Å². The third-order valence-corrected chi connectivity index (χ3v) is 4.69. The third-order valence-electron chi connectivity index (χ3n) is 4.44. The normalized spacial score (nSPS) is 16.1. The number of carbonyl (C=O) groups excluding carboxylic acids is 1. The summed E-state index contributed by atoms with van der Waals surface area (Å²) in [6.45, 7) is 5.61. The Morgan fingerprint density at radius 2 is 1.79 bits per heavy atom. The summed E-state index contributed by atoms with van der Waals surface area (Å²) in [5, 5.41) is 13.0. The number of nitrogens with one attached hydrogen (secondary N) is 1. The molecule has 1 amide bonds. The van der Waals surface area contributed by atoms with E-state index in [4.69, 9.17) is 16.7 Å². The Hall–Kier alpha value is -2.37. The van der Waals surface area contributed by atoms with Gasteiger partial charge in [0.15, 0.2) is 0 Å². The van der Waals surface area contributed by atoms with Gasteiger partial charge in [-0.15, -0.1) is 0 Å². The molecule has 2 aromatic rings. The van der Waals surface area contributed by atoms with Crippen molar-refractivity contribution in [2.24, 2.45) is 0 Å². The summed E-state index contributed by atoms with van der Waals surface area (Å²) in [6, 6.07) is 17.4. The summed E-state index contributed by atoms with van der Waals surface area (Å²) in [4.78, 5) is 24.0. The molecule has 0 unspecified atom stereocenters. The Morgan fingerprint density at radius 3 is 2.36 bits per heavy atom. The number of carboxylic acid groups (broad SMARTS) is 1. The van der Waals surface area contributed by atoms with E-state index in [1.54, 1.807) is 24.3 Å². The van der Waals surface area contributed by atoms with Crippen molar-refractivity contribution < 1.29 is 14.7 Å². The number of likely N-dealkylation sites (tertiary alicyclic amines) is 1. The fraction of sp³-hybridized carbons (Fsp3) is 0.364. The highest BCUT2D eigenvalue weighted by Gasteiger charge is 2.35. The van der Waals surface area contributed by atoms with E-state index in [0.717, 1.165) is 12.1 Å². The van der Waals surface area contributed by atoms with E-state index >= 15 is 0 Å². The maximum absolute atomic E-state index is 11.6. The molecule has 1 saturated heterocycles. The Bertz CT molecular complexity index is 763. The van der Waals surface area contributed by atoms with Crippen molar-refractivity contribution in [2.45, 2.75) is 51.9 Å². The van der Waals surface area contributed by atoms with Gasteiger partial charge in [0.25, 0.3) is 0 Å². The number of hydrogen-bond acceptors (Lipinski definition) is 3. The van der Waals surface area contributed by atoms with E-state index < -0.39 is 12.0 Å². The van der Waals surface area contributed by atoms with Crippen molar-refractivity contribution in [1.29, 1.82) is 0 Å². The van der Waals surface area contributed by atoms with Crippen LogP contribution >= 0.6 is 11.6 Å². The second-order valence-electron chi connectivity index (χ2n) is 7.06. The lowest BCUT2D eigenvalue weighted by Crippen LogP contribution is -2.37. The van der Waals surface area contributed by atoms with Gasteiger partial charge in [-0.3, -0.25) is 4.79 Å². The molecular weight excluding hydrogens is 376 g/mol. The molecule has 28 heavy (non-hydrogen) atoms. The van der Waals surface area contributed by atoms with Crippen LogP contribution in [0.15, 0.2) is 54.6 Å². The maximum atomic E-state index is 11.6. The average molecular weight is 403 g/mol. The monoisotopic (exact) mass is 402 g/mol. The van der Waals surface area contributed by atoms with Crippen molar-refractivity contribution in [2.75, 3.05) is 0 Å². The molecule has 150 valence electrons. The first-order valence-electron chi connectivity index (χ1n) is 9.41. The summed E-state index contributed by atoms with van der Waals surface area (Å²) in [7, 11) is 0. The zero-order valence-corrected chi connectivity index (χ0v) is 17.0. The minimum absolute atomic E-state index is 0.104. The van der Waals surface area contributed by atoms with Gasteiger partial charge in [0, 0.05) is 30.6 Å². The van der Waals surface area contributed by atoms with Crippen LogP contribution in [0.3, 0.4) is 0 Å². The molecule has 0 aliphatic carbocycles. The molecule has 1 atom stereocenters. The smallest absolute Gasteiger partial charge is 0.326 e. The Morgan fingerprint density at radius 1 is 1.14 bits per heavy atom. The van der Waals surface area contributed by atoms with E-state index in [1.165, 1.54) is 10.5 Å². The Kier molecular flexibility index (Phi) is 8.48. The number of amides is 1. The number of benzene rings is 2. The van der Waals surface area contributed by atoms with Crippen molar-refractivity contribution in [3.63, 3.8) is 0 Å². The molecule has 1 aliphatic rings. The SMILES string of the molecule is CC(C)NCc1ccccc1.O=C(O)[C@@H]1CCC(=O)N1Cc1ccc(Cl)cc1. The number of rotatable bonds is 6. The quantitative estimate of drug-likeness (QED) is 0.763. The second-order valence-corrected chi connectivity index (χ2v) is 7.50. The first-order chi connectivity index (χ1) is 13.4. The highest BCUT2D eigenvalue weighted by Crippen LogP contribution is 2.22. The lowest BCUT2D eigenvalue weighted by molar-refractivity contribution is -0.146. The van der Waals surface area contributed by atoms with Crippen molar-refractivity contribution in [1.82, 2.24) is 10.2 Å². The van der Waals surface area contributed by atoms with Crippen LogP contribution in [-0.2, 0) is 22.7 Å². The first kappa shape index (κ1) is 21.9. The highest BCUT2D eigenvalue weighted by atomic mass is 35.5. The number of nitrogens with zero attached hydrogens (tertiary/aromatic N) is 1. The molecule has 3 rings (SSSR count). The van der Waals surface area contributed by atoms with E-state index in [9.17, 15) is 9.59 Å². The van der Waals surface area contributed by atoms with Gasteiger partial charge in [-0.25, -0.2) is 4.79 Å². The number of aliphatic carboxylic acids is 1. The maximum Gasteiger partial charge on any atom is 0.326 e. The molecule has 5 nitrogen and oxygen atoms in total. The number of carboxylic acids is 1. The Balaban J connectivity index is 0.000000221. The van der Waals surface area contributed by atoms with Crippen LogP contribution in [0, 0.1) is 0 Å².